The summed E-state index contributed by atoms with van der Waals surface area (Å²) in [6, 6.07) is -0.0212. The van der Waals surface area contributed by atoms with E-state index < -0.39 is 5.97 Å². The Labute approximate surface area is 120 Å². The van der Waals surface area contributed by atoms with Gasteiger partial charge in [-0.05, 0) is 18.8 Å². The van der Waals surface area contributed by atoms with E-state index in [-0.39, 0.29) is 18.4 Å². The van der Waals surface area contributed by atoms with Gasteiger partial charge in [0, 0.05) is 39.1 Å². The van der Waals surface area contributed by atoms with E-state index in [9.17, 15) is 9.59 Å². The third-order valence-corrected chi connectivity index (χ3v) is 4.68. The van der Waals surface area contributed by atoms with Gasteiger partial charge in [0.25, 0.3) is 0 Å². The molecule has 20 heavy (non-hydrogen) atoms. The van der Waals surface area contributed by atoms with Crippen molar-refractivity contribution in [2.75, 3.05) is 26.2 Å². The lowest BCUT2D eigenvalue weighted by Crippen LogP contribution is -2.56. The predicted molar refractivity (Wildman–Crippen MR) is 76.4 cm³/mol. The molecule has 1 saturated carbocycles. The van der Waals surface area contributed by atoms with E-state index in [0.717, 1.165) is 19.6 Å². The summed E-state index contributed by atoms with van der Waals surface area (Å²) in [4.78, 5) is 26.6. The van der Waals surface area contributed by atoms with Gasteiger partial charge in [-0.1, -0.05) is 19.3 Å². The zero-order chi connectivity index (χ0) is 14.5. The van der Waals surface area contributed by atoms with Gasteiger partial charge in [0.15, 0.2) is 0 Å². The molecule has 1 N–H and O–H groups in total. The number of rotatable bonds is 4. The van der Waals surface area contributed by atoms with Gasteiger partial charge in [0.1, 0.15) is 0 Å². The highest BCUT2D eigenvalue weighted by Crippen LogP contribution is 2.26. The molecule has 1 heterocycles. The maximum atomic E-state index is 11.5. The molecule has 0 bridgehead atoms. The van der Waals surface area contributed by atoms with Gasteiger partial charge in [-0.2, -0.15) is 0 Å². The summed E-state index contributed by atoms with van der Waals surface area (Å²) in [6.45, 7) is 4.68. The number of hydrogen-bond acceptors (Lipinski definition) is 3. The number of carbonyl (C=O) groups is 2. The number of carbonyl (C=O) groups excluding carboxylic acids is 1. The van der Waals surface area contributed by atoms with Crippen molar-refractivity contribution in [3.8, 4) is 0 Å². The summed E-state index contributed by atoms with van der Waals surface area (Å²) in [5.41, 5.74) is 0. The average Bonchev–Trinajstić information content (AvgIpc) is 2.41. The Morgan fingerprint density at radius 2 is 1.85 bits per heavy atom. The van der Waals surface area contributed by atoms with Crippen molar-refractivity contribution in [2.24, 2.45) is 5.92 Å². The molecule has 1 unspecified atom stereocenters. The first-order valence-corrected chi connectivity index (χ1v) is 7.77. The number of nitrogens with zero attached hydrogens (tertiary/aromatic N) is 2. The summed E-state index contributed by atoms with van der Waals surface area (Å²) in [5.74, 6) is -0.00401. The molecule has 1 saturated heterocycles. The van der Waals surface area contributed by atoms with E-state index in [1.54, 1.807) is 11.8 Å². The minimum Gasteiger partial charge on any atom is -0.481 e. The van der Waals surface area contributed by atoms with Gasteiger partial charge in [-0.25, -0.2) is 0 Å². The Morgan fingerprint density at radius 3 is 2.45 bits per heavy atom. The monoisotopic (exact) mass is 282 g/mol. The number of hydrogen-bond donors (Lipinski definition) is 1. The highest BCUT2D eigenvalue weighted by atomic mass is 16.4. The van der Waals surface area contributed by atoms with Crippen LogP contribution in [0.5, 0.6) is 0 Å². The summed E-state index contributed by atoms with van der Waals surface area (Å²) in [5, 5.41) is 9.08. The van der Waals surface area contributed by atoms with Crippen molar-refractivity contribution in [1.29, 1.82) is 0 Å². The fourth-order valence-corrected chi connectivity index (χ4v) is 3.52. The van der Waals surface area contributed by atoms with E-state index in [1.165, 1.54) is 32.1 Å². The van der Waals surface area contributed by atoms with Crippen LogP contribution in [0.4, 0.5) is 0 Å². The molecule has 0 radical (unpaired) electrons. The largest absolute Gasteiger partial charge is 0.481 e. The lowest BCUT2D eigenvalue weighted by Gasteiger charge is -2.42. The number of amides is 1. The molecule has 114 valence electrons. The predicted octanol–water partition coefficient (Wildman–Crippen LogP) is 1.57. The SMILES string of the molecule is CC(=O)N1CCN(CC2CCCCC2)C(CC(=O)O)C1. The summed E-state index contributed by atoms with van der Waals surface area (Å²) < 4.78 is 0. The van der Waals surface area contributed by atoms with Gasteiger partial charge < -0.3 is 10.0 Å². The molecule has 5 nitrogen and oxygen atoms in total. The van der Waals surface area contributed by atoms with Crippen LogP contribution in [0.2, 0.25) is 0 Å². The fraction of sp³-hybridized carbons (Fsp3) is 0.867. The lowest BCUT2D eigenvalue weighted by molar-refractivity contribution is -0.141. The Kier molecular flexibility index (Phi) is 5.40. The van der Waals surface area contributed by atoms with Crippen LogP contribution in [0.1, 0.15) is 45.4 Å². The Hall–Kier alpha value is -1.10. The maximum absolute atomic E-state index is 11.5. The van der Waals surface area contributed by atoms with Crippen LogP contribution in [0.25, 0.3) is 0 Å². The van der Waals surface area contributed by atoms with E-state index in [4.69, 9.17) is 5.11 Å². The molecule has 2 rings (SSSR count). The third-order valence-electron chi connectivity index (χ3n) is 4.68. The first-order chi connectivity index (χ1) is 9.56. The van der Waals surface area contributed by atoms with Gasteiger partial charge >= 0.3 is 5.97 Å². The Balaban J connectivity index is 1.94. The molecule has 1 amide bonds. The van der Waals surface area contributed by atoms with E-state index in [2.05, 4.69) is 4.90 Å². The van der Waals surface area contributed by atoms with Crippen molar-refractivity contribution in [3.05, 3.63) is 0 Å². The summed E-state index contributed by atoms with van der Waals surface area (Å²) in [6.07, 6.45) is 6.63. The number of piperazine rings is 1. The van der Waals surface area contributed by atoms with Crippen LogP contribution in [0.15, 0.2) is 0 Å². The zero-order valence-corrected chi connectivity index (χ0v) is 12.4. The van der Waals surface area contributed by atoms with Crippen LogP contribution >= 0.6 is 0 Å². The molecule has 1 aliphatic carbocycles. The highest BCUT2D eigenvalue weighted by molar-refractivity contribution is 5.73. The normalized spacial score (nSPS) is 25.6. The Bertz CT molecular complexity index is 353. The van der Waals surface area contributed by atoms with Gasteiger partial charge in [-0.3, -0.25) is 14.5 Å². The van der Waals surface area contributed by atoms with Crippen LogP contribution < -0.4 is 0 Å². The average molecular weight is 282 g/mol. The molecule has 2 aliphatic rings. The Morgan fingerprint density at radius 1 is 1.15 bits per heavy atom. The van der Waals surface area contributed by atoms with Crippen LogP contribution in [-0.2, 0) is 9.59 Å². The quantitative estimate of drug-likeness (QED) is 0.850. The first kappa shape index (κ1) is 15.3. The minimum atomic E-state index is -0.769. The molecule has 0 spiro atoms. The molecule has 5 heteroatoms. The molecule has 1 atom stereocenters. The molecule has 0 aromatic rings. The molecule has 0 aromatic heterocycles. The smallest absolute Gasteiger partial charge is 0.305 e. The molecular formula is C15H26N2O3. The molecule has 0 aromatic carbocycles. The van der Waals surface area contributed by atoms with Crippen molar-refractivity contribution in [2.45, 2.75) is 51.5 Å². The molecular weight excluding hydrogens is 256 g/mol. The van der Waals surface area contributed by atoms with E-state index in [0.29, 0.717) is 12.5 Å². The number of aliphatic carboxylic acids is 1. The zero-order valence-electron chi connectivity index (χ0n) is 12.4. The van der Waals surface area contributed by atoms with E-state index >= 15 is 0 Å². The second-order valence-electron chi connectivity index (χ2n) is 6.22. The third kappa shape index (κ3) is 4.20. The van der Waals surface area contributed by atoms with Crippen molar-refractivity contribution in [1.82, 2.24) is 9.80 Å². The van der Waals surface area contributed by atoms with Crippen LogP contribution in [0, 0.1) is 5.92 Å². The van der Waals surface area contributed by atoms with Gasteiger partial charge in [0.05, 0.1) is 6.42 Å². The lowest BCUT2D eigenvalue weighted by atomic mass is 9.88. The topological polar surface area (TPSA) is 60.9 Å². The summed E-state index contributed by atoms with van der Waals surface area (Å²) >= 11 is 0. The maximum Gasteiger partial charge on any atom is 0.305 e. The van der Waals surface area contributed by atoms with Crippen molar-refractivity contribution >= 4 is 11.9 Å². The van der Waals surface area contributed by atoms with Gasteiger partial charge in [0.2, 0.25) is 5.91 Å². The van der Waals surface area contributed by atoms with Crippen molar-refractivity contribution < 1.29 is 14.7 Å². The second-order valence-corrected chi connectivity index (χ2v) is 6.22. The molecule has 1 aliphatic heterocycles. The highest BCUT2D eigenvalue weighted by Gasteiger charge is 2.31. The van der Waals surface area contributed by atoms with Gasteiger partial charge in [-0.15, -0.1) is 0 Å². The standard InChI is InChI=1S/C15H26N2O3/c1-12(18)16-7-8-17(14(11-16)9-15(19)20)10-13-5-3-2-4-6-13/h13-14H,2-11H2,1H3,(H,19,20). The second kappa shape index (κ2) is 7.07. The fourth-order valence-electron chi connectivity index (χ4n) is 3.52. The van der Waals surface area contributed by atoms with E-state index in [1.807, 2.05) is 0 Å². The van der Waals surface area contributed by atoms with Crippen molar-refractivity contribution in [3.63, 3.8) is 0 Å². The minimum absolute atomic E-state index is 0.0212. The van der Waals surface area contributed by atoms with Crippen LogP contribution in [0.3, 0.4) is 0 Å². The van der Waals surface area contributed by atoms with Crippen LogP contribution in [-0.4, -0.2) is 59.0 Å². The number of carboxylic acid groups (broad SMARTS) is 1. The molecule has 2 fully saturated rings. The number of carboxylic acids is 1. The summed E-state index contributed by atoms with van der Waals surface area (Å²) in [7, 11) is 0. The first-order valence-electron chi connectivity index (χ1n) is 7.77.